The van der Waals surface area contributed by atoms with Gasteiger partial charge in [0, 0.05) is 25.7 Å². The number of nitrogens with two attached hydrogens (primary N) is 1. The first-order valence-corrected chi connectivity index (χ1v) is 6.60. The Labute approximate surface area is 117 Å². The van der Waals surface area contributed by atoms with Crippen LogP contribution in [0.5, 0.6) is 0 Å². The molecule has 1 fully saturated rings. The van der Waals surface area contributed by atoms with Gasteiger partial charge in [0.2, 0.25) is 0 Å². The van der Waals surface area contributed by atoms with Crippen molar-refractivity contribution in [1.82, 2.24) is 4.90 Å². The number of piperidine rings is 1. The number of nitrogens with one attached hydrogen (secondary N) is 1. The standard InChI is InChI=1S/C13H20N4O3/c1-13(18)4-6-16(7-5-13)9-10-2-3-12(17(19)20)11(8-10)15-14/h2-3,8,15,18H,4-7,9,14H2,1H3. The van der Waals surface area contributed by atoms with E-state index < -0.39 is 10.5 Å². The van der Waals surface area contributed by atoms with Gasteiger partial charge in [-0.1, -0.05) is 6.07 Å². The third-order valence-corrected chi connectivity index (χ3v) is 3.75. The number of hydrogen-bond donors (Lipinski definition) is 3. The number of hydrogen-bond acceptors (Lipinski definition) is 6. The molecule has 20 heavy (non-hydrogen) atoms. The molecule has 110 valence electrons. The predicted octanol–water partition coefficient (Wildman–Crippen LogP) is 1.23. The Kier molecular flexibility index (Phi) is 4.22. The number of benzene rings is 1. The van der Waals surface area contributed by atoms with Crippen LogP contribution < -0.4 is 11.3 Å². The molecule has 1 saturated heterocycles. The number of anilines is 1. The molecule has 0 aromatic heterocycles. The lowest BCUT2D eigenvalue weighted by atomic mass is 9.93. The smallest absolute Gasteiger partial charge is 0.293 e. The molecule has 1 aromatic carbocycles. The Morgan fingerprint density at radius 1 is 1.50 bits per heavy atom. The summed E-state index contributed by atoms with van der Waals surface area (Å²) in [5.41, 5.74) is 3.04. The number of nitrogen functional groups attached to an aromatic ring is 1. The quantitative estimate of drug-likeness (QED) is 0.435. The zero-order valence-corrected chi connectivity index (χ0v) is 11.5. The summed E-state index contributed by atoms with van der Waals surface area (Å²) in [6, 6.07) is 4.90. The summed E-state index contributed by atoms with van der Waals surface area (Å²) in [6.45, 7) is 4.18. The van der Waals surface area contributed by atoms with Crippen molar-refractivity contribution in [3.05, 3.63) is 33.9 Å². The van der Waals surface area contributed by atoms with Crippen molar-refractivity contribution in [2.24, 2.45) is 5.84 Å². The lowest BCUT2D eigenvalue weighted by Crippen LogP contribution is -2.41. The highest BCUT2D eigenvalue weighted by molar-refractivity contribution is 5.62. The molecular weight excluding hydrogens is 260 g/mol. The van der Waals surface area contributed by atoms with Crippen LogP contribution in [-0.4, -0.2) is 33.6 Å². The van der Waals surface area contributed by atoms with E-state index in [1.807, 2.05) is 6.92 Å². The summed E-state index contributed by atoms with van der Waals surface area (Å²) in [4.78, 5) is 12.6. The van der Waals surface area contributed by atoms with Crippen LogP contribution in [0, 0.1) is 10.1 Å². The largest absolute Gasteiger partial charge is 0.390 e. The Bertz CT molecular complexity index is 494. The van der Waals surface area contributed by atoms with Crippen LogP contribution in [-0.2, 0) is 6.54 Å². The van der Waals surface area contributed by atoms with Gasteiger partial charge in [-0.15, -0.1) is 0 Å². The first-order chi connectivity index (χ1) is 9.41. The molecule has 0 radical (unpaired) electrons. The molecular formula is C13H20N4O3. The normalized spacial score (nSPS) is 18.8. The van der Waals surface area contributed by atoms with Crippen molar-refractivity contribution in [2.45, 2.75) is 31.9 Å². The summed E-state index contributed by atoms with van der Waals surface area (Å²) >= 11 is 0. The minimum absolute atomic E-state index is 0.0298. The van der Waals surface area contributed by atoms with E-state index in [1.165, 1.54) is 6.07 Å². The Balaban J connectivity index is 2.05. The van der Waals surface area contributed by atoms with Crippen LogP contribution in [0.15, 0.2) is 18.2 Å². The molecule has 4 N–H and O–H groups in total. The second kappa shape index (κ2) is 5.74. The molecule has 1 aliphatic heterocycles. The van der Waals surface area contributed by atoms with Crippen molar-refractivity contribution < 1.29 is 10.0 Å². The molecule has 7 nitrogen and oxygen atoms in total. The fourth-order valence-corrected chi connectivity index (χ4v) is 2.41. The molecule has 7 heteroatoms. The van der Waals surface area contributed by atoms with Gasteiger partial charge in [0.05, 0.1) is 10.5 Å². The van der Waals surface area contributed by atoms with Crippen LogP contribution in [0.3, 0.4) is 0 Å². The molecule has 0 aliphatic carbocycles. The molecule has 0 unspecified atom stereocenters. The van der Waals surface area contributed by atoms with Gasteiger partial charge in [-0.25, -0.2) is 0 Å². The molecule has 0 atom stereocenters. The van der Waals surface area contributed by atoms with Crippen LogP contribution >= 0.6 is 0 Å². The SMILES string of the molecule is CC1(O)CCN(Cc2ccc([N+](=O)[O-])c(NN)c2)CC1. The maximum absolute atomic E-state index is 10.8. The number of likely N-dealkylation sites (tertiary alicyclic amines) is 1. The highest BCUT2D eigenvalue weighted by atomic mass is 16.6. The minimum Gasteiger partial charge on any atom is -0.390 e. The van der Waals surface area contributed by atoms with Crippen LogP contribution in [0.4, 0.5) is 11.4 Å². The maximum atomic E-state index is 10.8. The van der Waals surface area contributed by atoms with Gasteiger partial charge in [-0.2, -0.15) is 0 Å². The Morgan fingerprint density at radius 3 is 2.70 bits per heavy atom. The van der Waals surface area contributed by atoms with E-state index >= 15 is 0 Å². The van der Waals surface area contributed by atoms with Crippen molar-refractivity contribution >= 4 is 11.4 Å². The van der Waals surface area contributed by atoms with E-state index in [4.69, 9.17) is 5.84 Å². The Hall–Kier alpha value is -1.70. The molecule has 0 bridgehead atoms. The minimum atomic E-state index is -0.573. The lowest BCUT2D eigenvalue weighted by Gasteiger charge is -2.35. The van der Waals surface area contributed by atoms with Gasteiger partial charge < -0.3 is 10.5 Å². The summed E-state index contributed by atoms with van der Waals surface area (Å²) in [5.74, 6) is 5.32. The van der Waals surface area contributed by atoms with Crippen LogP contribution in [0.2, 0.25) is 0 Å². The average Bonchev–Trinajstić information content (AvgIpc) is 2.40. The van der Waals surface area contributed by atoms with Crippen LogP contribution in [0.25, 0.3) is 0 Å². The third-order valence-electron chi connectivity index (χ3n) is 3.75. The number of rotatable bonds is 4. The highest BCUT2D eigenvalue weighted by Gasteiger charge is 2.27. The zero-order chi connectivity index (χ0) is 14.8. The Morgan fingerprint density at radius 2 is 2.15 bits per heavy atom. The number of nitro benzene ring substituents is 1. The fourth-order valence-electron chi connectivity index (χ4n) is 2.41. The molecule has 1 heterocycles. The second-order valence-electron chi connectivity index (χ2n) is 5.53. The van der Waals surface area contributed by atoms with Gasteiger partial charge in [-0.3, -0.25) is 20.9 Å². The van der Waals surface area contributed by atoms with Crippen LogP contribution in [0.1, 0.15) is 25.3 Å². The molecule has 1 aliphatic rings. The summed E-state index contributed by atoms with van der Waals surface area (Å²) in [5, 5.41) is 20.7. The first-order valence-electron chi connectivity index (χ1n) is 6.60. The van der Waals surface area contributed by atoms with Crippen molar-refractivity contribution in [2.75, 3.05) is 18.5 Å². The van der Waals surface area contributed by atoms with Crippen molar-refractivity contribution in [1.29, 1.82) is 0 Å². The van der Waals surface area contributed by atoms with E-state index in [9.17, 15) is 15.2 Å². The summed E-state index contributed by atoms with van der Waals surface area (Å²) in [7, 11) is 0. The average molecular weight is 280 g/mol. The van der Waals surface area contributed by atoms with Gasteiger partial charge in [0.1, 0.15) is 5.69 Å². The van der Waals surface area contributed by atoms with Crippen molar-refractivity contribution in [3.63, 3.8) is 0 Å². The topological polar surface area (TPSA) is 105 Å². The monoisotopic (exact) mass is 280 g/mol. The highest BCUT2D eigenvalue weighted by Crippen LogP contribution is 2.27. The number of aliphatic hydroxyl groups is 1. The summed E-state index contributed by atoms with van der Waals surface area (Å²) in [6.07, 6.45) is 1.48. The molecule has 0 amide bonds. The molecule has 0 spiro atoms. The third kappa shape index (κ3) is 3.44. The van der Waals surface area contributed by atoms with Gasteiger partial charge in [0.25, 0.3) is 5.69 Å². The van der Waals surface area contributed by atoms with Gasteiger partial charge in [-0.05, 0) is 31.4 Å². The number of nitrogens with zero attached hydrogens (tertiary/aromatic N) is 2. The van der Waals surface area contributed by atoms with E-state index in [-0.39, 0.29) is 5.69 Å². The maximum Gasteiger partial charge on any atom is 0.293 e. The first kappa shape index (κ1) is 14.7. The van der Waals surface area contributed by atoms with Gasteiger partial charge >= 0.3 is 0 Å². The second-order valence-corrected chi connectivity index (χ2v) is 5.53. The lowest BCUT2D eigenvalue weighted by molar-refractivity contribution is -0.384. The summed E-state index contributed by atoms with van der Waals surface area (Å²) < 4.78 is 0. The van der Waals surface area contributed by atoms with E-state index in [0.29, 0.717) is 12.2 Å². The van der Waals surface area contributed by atoms with E-state index in [0.717, 1.165) is 31.5 Å². The number of nitro groups is 1. The molecule has 0 saturated carbocycles. The predicted molar refractivity (Wildman–Crippen MR) is 76.0 cm³/mol. The zero-order valence-electron chi connectivity index (χ0n) is 11.5. The number of hydrazine groups is 1. The van der Waals surface area contributed by atoms with E-state index in [1.54, 1.807) is 12.1 Å². The van der Waals surface area contributed by atoms with E-state index in [2.05, 4.69) is 10.3 Å². The molecule has 1 aromatic rings. The molecule has 2 rings (SSSR count). The van der Waals surface area contributed by atoms with Crippen molar-refractivity contribution in [3.8, 4) is 0 Å². The fraction of sp³-hybridized carbons (Fsp3) is 0.538. The van der Waals surface area contributed by atoms with Gasteiger partial charge in [0.15, 0.2) is 0 Å².